The first kappa shape index (κ1) is 13.9. The molecule has 0 aliphatic carbocycles. The summed E-state index contributed by atoms with van der Waals surface area (Å²) < 4.78 is 0. The summed E-state index contributed by atoms with van der Waals surface area (Å²) in [6, 6.07) is 5.41. The van der Waals surface area contributed by atoms with Crippen molar-refractivity contribution in [3.63, 3.8) is 0 Å². The Morgan fingerprint density at radius 3 is 2.80 bits per heavy atom. The van der Waals surface area contributed by atoms with Crippen molar-refractivity contribution in [1.29, 1.82) is 0 Å². The normalized spacial score (nSPS) is 10.2. The van der Waals surface area contributed by atoms with E-state index in [0.29, 0.717) is 18.2 Å². The number of hydrogen-bond acceptors (Lipinski definition) is 5. The van der Waals surface area contributed by atoms with Gasteiger partial charge >= 0.3 is 0 Å². The predicted molar refractivity (Wildman–Crippen MR) is 76.5 cm³/mol. The maximum atomic E-state index is 12.1. The van der Waals surface area contributed by atoms with Crippen LogP contribution in [0.2, 0.25) is 0 Å². The van der Waals surface area contributed by atoms with Crippen molar-refractivity contribution < 1.29 is 4.79 Å². The fourth-order valence-corrected chi connectivity index (χ4v) is 1.64. The van der Waals surface area contributed by atoms with Crippen LogP contribution in [0, 0.1) is 6.92 Å². The number of nitrogens with zero attached hydrogens (tertiary/aromatic N) is 4. The van der Waals surface area contributed by atoms with E-state index in [2.05, 4.69) is 20.3 Å². The molecule has 0 unspecified atom stereocenters. The first-order chi connectivity index (χ1) is 9.56. The lowest BCUT2D eigenvalue weighted by atomic mass is 10.2. The summed E-state index contributed by atoms with van der Waals surface area (Å²) in [7, 11) is 3.68. The Bertz CT molecular complexity index is 598. The van der Waals surface area contributed by atoms with E-state index < -0.39 is 0 Å². The average Bonchev–Trinajstić information content (AvgIpc) is 2.45. The smallest absolute Gasteiger partial charge is 0.270 e. The van der Waals surface area contributed by atoms with Crippen LogP contribution in [0.4, 0.5) is 5.95 Å². The molecule has 6 nitrogen and oxygen atoms in total. The van der Waals surface area contributed by atoms with Gasteiger partial charge in [-0.3, -0.25) is 9.78 Å². The van der Waals surface area contributed by atoms with Crippen molar-refractivity contribution in [2.75, 3.05) is 19.0 Å². The second-order valence-corrected chi connectivity index (χ2v) is 4.63. The number of anilines is 1. The lowest BCUT2D eigenvalue weighted by Gasteiger charge is -2.12. The first-order valence-corrected chi connectivity index (χ1v) is 6.26. The number of pyridine rings is 1. The Balaban J connectivity index is 2.09. The van der Waals surface area contributed by atoms with Gasteiger partial charge in [-0.15, -0.1) is 0 Å². The second-order valence-electron chi connectivity index (χ2n) is 4.63. The minimum atomic E-state index is -0.220. The molecule has 0 bridgehead atoms. The predicted octanol–water partition coefficient (Wildman–Crippen LogP) is 1.18. The molecule has 0 aliphatic rings. The fraction of sp³-hybridized carbons (Fsp3) is 0.286. The minimum absolute atomic E-state index is 0.220. The van der Waals surface area contributed by atoms with Gasteiger partial charge in [0.2, 0.25) is 5.95 Å². The molecule has 0 saturated carbocycles. The highest BCUT2D eigenvalue weighted by Crippen LogP contribution is 2.07. The van der Waals surface area contributed by atoms with Gasteiger partial charge in [-0.05, 0) is 24.6 Å². The van der Waals surface area contributed by atoms with E-state index >= 15 is 0 Å². The van der Waals surface area contributed by atoms with E-state index in [-0.39, 0.29) is 5.91 Å². The molecule has 0 aliphatic heterocycles. The Hall–Kier alpha value is -2.50. The van der Waals surface area contributed by atoms with Crippen LogP contribution in [0.3, 0.4) is 0 Å². The van der Waals surface area contributed by atoms with Crippen LogP contribution in [0.5, 0.6) is 0 Å². The molecule has 2 heterocycles. The van der Waals surface area contributed by atoms with Crippen LogP contribution >= 0.6 is 0 Å². The van der Waals surface area contributed by atoms with E-state index in [4.69, 9.17) is 0 Å². The molecular weight excluding hydrogens is 254 g/mol. The summed E-state index contributed by atoms with van der Waals surface area (Å²) in [5.74, 6) is 0.305. The molecule has 104 valence electrons. The van der Waals surface area contributed by atoms with E-state index in [1.807, 2.05) is 33.2 Å². The van der Waals surface area contributed by atoms with Crippen LogP contribution in [-0.4, -0.2) is 35.0 Å². The second kappa shape index (κ2) is 6.10. The van der Waals surface area contributed by atoms with Crippen molar-refractivity contribution in [2.45, 2.75) is 13.5 Å². The van der Waals surface area contributed by atoms with Gasteiger partial charge in [0, 0.05) is 38.7 Å². The third-order valence-electron chi connectivity index (χ3n) is 2.65. The molecule has 0 aromatic carbocycles. The van der Waals surface area contributed by atoms with Gasteiger partial charge in [0.1, 0.15) is 5.69 Å². The molecule has 1 N–H and O–H groups in total. The van der Waals surface area contributed by atoms with Crippen LogP contribution in [0.15, 0.2) is 30.6 Å². The number of nitrogens with one attached hydrogen (secondary N) is 1. The number of hydrogen-bond donors (Lipinski definition) is 1. The van der Waals surface area contributed by atoms with E-state index in [0.717, 1.165) is 11.3 Å². The molecule has 0 spiro atoms. The van der Waals surface area contributed by atoms with Gasteiger partial charge in [-0.2, -0.15) is 0 Å². The quantitative estimate of drug-likeness (QED) is 0.904. The summed E-state index contributed by atoms with van der Waals surface area (Å²) in [6.07, 6.45) is 3.42. The number of aromatic nitrogens is 3. The van der Waals surface area contributed by atoms with Crippen molar-refractivity contribution in [3.8, 4) is 0 Å². The highest BCUT2D eigenvalue weighted by atomic mass is 16.1. The Labute approximate surface area is 117 Å². The van der Waals surface area contributed by atoms with Crippen LogP contribution < -0.4 is 10.2 Å². The Kier molecular flexibility index (Phi) is 4.24. The molecule has 6 heteroatoms. The summed E-state index contributed by atoms with van der Waals surface area (Å²) in [5, 5.41) is 2.82. The molecule has 0 radical (unpaired) electrons. The number of amides is 1. The van der Waals surface area contributed by atoms with Gasteiger partial charge in [0.15, 0.2) is 0 Å². The summed E-state index contributed by atoms with van der Waals surface area (Å²) in [5.41, 5.74) is 2.07. The van der Waals surface area contributed by atoms with Gasteiger partial charge in [-0.25, -0.2) is 9.97 Å². The molecule has 1 amide bonds. The highest BCUT2D eigenvalue weighted by Gasteiger charge is 2.11. The Morgan fingerprint density at radius 1 is 1.35 bits per heavy atom. The Morgan fingerprint density at radius 2 is 2.15 bits per heavy atom. The monoisotopic (exact) mass is 271 g/mol. The summed E-state index contributed by atoms with van der Waals surface area (Å²) in [6.45, 7) is 2.26. The standard InChI is InChI=1S/C14H17N5O/c1-10-7-12(18-14(17-10)19(2)3)13(20)16-9-11-5-4-6-15-8-11/h4-8H,9H2,1-3H3,(H,16,20). The molecule has 2 rings (SSSR count). The number of carbonyl (C=O) groups is 1. The van der Waals surface area contributed by atoms with Crippen LogP contribution in [0.1, 0.15) is 21.7 Å². The molecule has 2 aromatic heterocycles. The minimum Gasteiger partial charge on any atom is -0.347 e. The lowest BCUT2D eigenvalue weighted by molar-refractivity contribution is 0.0945. The fourth-order valence-electron chi connectivity index (χ4n) is 1.64. The maximum absolute atomic E-state index is 12.1. The third kappa shape index (κ3) is 3.50. The van der Waals surface area contributed by atoms with E-state index in [1.165, 1.54) is 0 Å². The molecule has 0 fully saturated rings. The zero-order valence-corrected chi connectivity index (χ0v) is 11.8. The highest BCUT2D eigenvalue weighted by molar-refractivity contribution is 5.92. The van der Waals surface area contributed by atoms with Crippen LogP contribution in [0.25, 0.3) is 0 Å². The molecule has 20 heavy (non-hydrogen) atoms. The maximum Gasteiger partial charge on any atom is 0.270 e. The van der Waals surface area contributed by atoms with Gasteiger partial charge in [0.25, 0.3) is 5.91 Å². The molecular formula is C14H17N5O. The summed E-state index contributed by atoms with van der Waals surface area (Å²) >= 11 is 0. The number of rotatable bonds is 4. The van der Waals surface area contributed by atoms with Crippen molar-refractivity contribution in [2.24, 2.45) is 0 Å². The number of aryl methyl sites for hydroxylation is 1. The summed E-state index contributed by atoms with van der Waals surface area (Å²) in [4.78, 5) is 26.4. The zero-order valence-electron chi connectivity index (χ0n) is 11.8. The average molecular weight is 271 g/mol. The van der Waals surface area contributed by atoms with Gasteiger partial charge in [-0.1, -0.05) is 6.07 Å². The van der Waals surface area contributed by atoms with Crippen molar-refractivity contribution >= 4 is 11.9 Å². The largest absolute Gasteiger partial charge is 0.347 e. The van der Waals surface area contributed by atoms with Gasteiger partial charge < -0.3 is 10.2 Å². The third-order valence-corrected chi connectivity index (χ3v) is 2.65. The van der Waals surface area contributed by atoms with Crippen LogP contribution in [-0.2, 0) is 6.54 Å². The SMILES string of the molecule is Cc1cc(C(=O)NCc2cccnc2)nc(N(C)C)n1. The lowest BCUT2D eigenvalue weighted by Crippen LogP contribution is -2.25. The van der Waals surface area contributed by atoms with E-state index in [1.54, 1.807) is 23.4 Å². The number of carbonyl (C=O) groups excluding carboxylic acids is 1. The van der Waals surface area contributed by atoms with Crippen molar-refractivity contribution in [1.82, 2.24) is 20.3 Å². The molecule has 0 atom stereocenters. The van der Waals surface area contributed by atoms with Gasteiger partial charge in [0.05, 0.1) is 0 Å². The zero-order chi connectivity index (χ0) is 14.5. The van der Waals surface area contributed by atoms with Crippen molar-refractivity contribution in [3.05, 3.63) is 47.5 Å². The molecule has 0 saturated heterocycles. The molecule has 2 aromatic rings. The first-order valence-electron chi connectivity index (χ1n) is 6.26. The topological polar surface area (TPSA) is 71.0 Å². The van der Waals surface area contributed by atoms with E-state index in [9.17, 15) is 4.79 Å².